The minimum Gasteiger partial charge on any atom is -0.383 e. The van der Waals surface area contributed by atoms with Crippen molar-refractivity contribution in [3.8, 4) is 11.4 Å². The van der Waals surface area contributed by atoms with Crippen molar-refractivity contribution in [2.45, 2.75) is 25.8 Å². The van der Waals surface area contributed by atoms with Crippen molar-refractivity contribution in [3.05, 3.63) is 48.4 Å². The standard InChI is InChI=1S/C19H21N3O3/c1-13(12-24-2)20-17(23)10-11-18-21-19(22-25-18)16-9-5-7-14-6-3-4-8-15(14)16/h3-9,13H,10-12H2,1-2H3,(H,20,23)/t13-/m1/s1. The first kappa shape index (κ1) is 17.1. The summed E-state index contributed by atoms with van der Waals surface area (Å²) in [6.07, 6.45) is 0.703. The van der Waals surface area contributed by atoms with Gasteiger partial charge in [0.1, 0.15) is 0 Å². The molecule has 0 unspecified atom stereocenters. The highest BCUT2D eigenvalue weighted by atomic mass is 16.5. The van der Waals surface area contributed by atoms with Crippen LogP contribution in [0.4, 0.5) is 0 Å². The number of carbonyl (C=O) groups is 1. The number of ether oxygens (including phenoxy) is 1. The highest BCUT2D eigenvalue weighted by Crippen LogP contribution is 2.26. The average Bonchev–Trinajstić information content (AvgIpc) is 3.08. The Morgan fingerprint density at radius 2 is 2.04 bits per heavy atom. The molecule has 0 radical (unpaired) electrons. The lowest BCUT2D eigenvalue weighted by atomic mass is 10.0. The number of hydrogen-bond acceptors (Lipinski definition) is 5. The normalized spacial score (nSPS) is 12.2. The van der Waals surface area contributed by atoms with Gasteiger partial charge in [-0.1, -0.05) is 47.6 Å². The fraction of sp³-hybridized carbons (Fsp3) is 0.316. The minimum atomic E-state index is -0.0607. The summed E-state index contributed by atoms with van der Waals surface area (Å²) >= 11 is 0. The summed E-state index contributed by atoms with van der Waals surface area (Å²) in [5, 5.41) is 9.12. The van der Waals surface area contributed by atoms with Crippen LogP contribution in [0.2, 0.25) is 0 Å². The third kappa shape index (κ3) is 4.22. The molecule has 1 N–H and O–H groups in total. The van der Waals surface area contributed by atoms with E-state index in [2.05, 4.69) is 15.5 Å². The van der Waals surface area contributed by atoms with E-state index in [0.717, 1.165) is 16.3 Å². The van der Waals surface area contributed by atoms with Gasteiger partial charge in [0, 0.05) is 31.6 Å². The van der Waals surface area contributed by atoms with Gasteiger partial charge >= 0.3 is 0 Å². The van der Waals surface area contributed by atoms with E-state index in [-0.39, 0.29) is 11.9 Å². The Morgan fingerprint density at radius 1 is 1.24 bits per heavy atom. The minimum absolute atomic E-state index is 0.0218. The predicted octanol–water partition coefficient (Wildman–Crippen LogP) is 2.97. The van der Waals surface area contributed by atoms with E-state index >= 15 is 0 Å². The molecule has 2 aromatic carbocycles. The molecule has 0 aliphatic carbocycles. The van der Waals surface area contributed by atoms with Crippen LogP contribution in [0.5, 0.6) is 0 Å². The predicted molar refractivity (Wildman–Crippen MR) is 95.0 cm³/mol. The summed E-state index contributed by atoms with van der Waals surface area (Å²) in [4.78, 5) is 16.3. The van der Waals surface area contributed by atoms with Gasteiger partial charge in [0.15, 0.2) is 0 Å². The molecule has 0 aliphatic rings. The SMILES string of the molecule is COC[C@@H](C)NC(=O)CCc1nc(-c2cccc3ccccc23)no1. The lowest BCUT2D eigenvalue weighted by molar-refractivity contribution is -0.122. The topological polar surface area (TPSA) is 77.2 Å². The maximum Gasteiger partial charge on any atom is 0.227 e. The second kappa shape index (κ2) is 7.90. The lowest BCUT2D eigenvalue weighted by Gasteiger charge is -2.11. The number of aromatic nitrogens is 2. The summed E-state index contributed by atoms with van der Waals surface area (Å²) in [5.41, 5.74) is 0.922. The van der Waals surface area contributed by atoms with Crippen molar-refractivity contribution in [2.75, 3.05) is 13.7 Å². The van der Waals surface area contributed by atoms with Crippen molar-refractivity contribution in [2.24, 2.45) is 0 Å². The quantitative estimate of drug-likeness (QED) is 0.716. The Kier molecular flexibility index (Phi) is 5.40. The van der Waals surface area contributed by atoms with E-state index in [4.69, 9.17) is 9.26 Å². The molecule has 1 atom stereocenters. The van der Waals surface area contributed by atoms with Crippen LogP contribution >= 0.6 is 0 Å². The fourth-order valence-corrected chi connectivity index (χ4v) is 2.75. The number of amides is 1. The van der Waals surface area contributed by atoms with Gasteiger partial charge < -0.3 is 14.6 Å². The van der Waals surface area contributed by atoms with Gasteiger partial charge in [-0.25, -0.2) is 0 Å². The van der Waals surface area contributed by atoms with Crippen molar-refractivity contribution in [1.29, 1.82) is 0 Å². The molecular formula is C19H21N3O3. The monoisotopic (exact) mass is 339 g/mol. The van der Waals surface area contributed by atoms with E-state index in [9.17, 15) is 4.79 Å². The van der Waals surface area contributed by atoms with Crippen LogP contribution in [0.25, 0.3) is 22.2 Å². The van der Waals surface area contributed by atoms with Crippen molar-refractivity contribution in [1.82, 2.24) is 15.5 Å². The molecule has 6 heteroatoms. The van der Waals surface area contributed by atoms with Gasteiger partial charge in [0.05, 0.1) is 6.61 Å². The van der Waals surface area contributed by atoms with Crippen LogP contribution in [0.1, 0.15) is 19.2 Å². The zero-order valence-corrected chi connectivity index (χ0v) is 14.4. The molecule has 25 heavy (non-hydrogen) atoms. The summed E-state index contributed by atoms with van der Waals surface area (Å²) in [6, 6.07) is 14.0. The smallest absolute Gasteiger partial charge is 0.227 e. The second-order valence-corrected chi connectivity index (χ2v) is 5.96. The van der Waals surface area contributed by atoms with E-state index in [1.54, 1.807) is 7.11 Å². The number of hydrogen-bond donors (Lipinski definition) is 1. The molecule has 0 spiro atoms. The number of nitrogens with one attached hydrogen (secondary N) is 1. The highest BCUT2D eigenvalue weighted by molar-refractivity contribution is 5.94. The number of rotatable bonds is 7. The zero-order chi connectivity index (χ0) is 17.6. The van der Waals surface area contributed by atoms with Gasteiger partial charge in [0.25, 0.3) is 0 Å². The maximum absolute atomic E-state index is 11.9. The maximum atomic E-state index is 11.9. The molecule has 0 fully saturated rings. The van der Waals surface area contributed by atoms with Gasteiger partial charge in [-0.15, -0.1) is 0 Å². The van der Waals surface area contributed by atoms with Gasteiger partial charge in [-0.2, -0.15) is 4.98 Å². The lowest BCUT2D eigenvalue weighted by Crippen LogP contribution is -2.35. The third-order valence-corrected chi connectivity index (χ3v) is 3.89. The number of aryl methyl sites for hydroxylation is 1. The molecule has 0 bridgehead atoms. The molecule has 3 rings (SSSR count). The van der Waals surface area contributed by atoms with Crippen LogP contribution in [0.3, 0.4) is 0 Å². The average molecular weight is 339 g/mol. The van der Waals surface area contributed by atoms with Crippen LogP contribution in [-0.2, 0) is 16.0 Å². The molecule has 0 saturated heterocycles. The molecule has 0 aliphatic heterocycles. The Balaban J connectivity index is 1.67. The number of nitrogens with zero attached hydrogens (tertiary/aromatic N) is 2. The number of fused-ring (bicyclic) bond motifs is 1. The molecule has 1 amide bonds. The first-order valence-corrected chi connectivity index (χ1v) is 8.26. The Bertz CT molecular complexity index is 855. The Labute approximate surface area is 146 Å². The summed E-state index contributed by atoms with van der Waals surface area (Å²) < 4.78 is 10.3. The van der Waals surface area contributed by atoms with Crippen molar-refractivity contribution >= 4 is 16.7 Å². The van der Waals surface area contributed by atoms with Gasteiger partial charge in [-0.3, -0.25) is 4.79 Å². The number of carbonyl (C=O) groups excluding carboxylic acids is 1. The van der Waals surface area contributed by atoms with Crippen molar-refractivity contribution < 1.29 is 14.1 Å². The van der Waals surface area contributed by atoms with Crippen LogP contribution < -0.4 is 5.32 Å². The molecule has 6 nitrogen and oxygen atoms in total. The Morgan fingerprint density at radius 3 is 2.88 bits per heavy atom. The van der Waals surface area contributed by atoms with E-state index in [0.29, 0.717) is 31.2 Å². The largest absolute Gasteiger partial charge is 0.383 e. The van der Waals surface area contributed by atoms with Crippen LogP contribution in [-0.4, -0.2) is 35.8 Å². The molecule has 3 aromatic rings. The highest BCUT2D eigenvalue weighted by Gasteiger charge is 2.13. The first-order valence-electron chi connectivity index (χ1n) is 8.26. The molecular weight excluding hydrogens is 318 g/mol. The van der Waals surface area contributed by atoms with Gasteiger partial charge in [-0.05, 0) is 17.7 Å². The van der Waals surface area contributed by atoms with E-state index in [1.165, 1.54) is 0 Å². The van der Waals surface area contributed by atoms with Crippen molar-refractivity contribution in [3.63, 3.8) is 0 Å². The number of methoxy groups -OCH3 is 1. The second-order valence-electron chi connectivity index (χ2n) is 5.96. The summed E-state index contributed by atoms with van der Waals surface area (Å²) in [5.74, 6) is 0.937. The van der Waals surface area contributed by atoms with Crippen LogP contribution in [0, 0.1) is 0 Å². The molecule has 0 saturated carbocycles. The van der Waals surface area contributed by atoms with E-state index < -0.39 is 0 Å². The first-order chi connectivity index (χ1) is 12.2. The molecule has 1 heterocycles. The Hall–Kier alpha value is -2.73. The fourth-order valence-electron chi connectivity index (χ4n) is 2.75. The third-order valence-electron chi connectivity index (χ3n) is 3.89. The van der Waals surface area contributed by atoms with Gasteiger partial charge in [0.2, 0.25) is 17.6 Å². The molecule has 1 aromatic heterocycles. The summed E-state index contributed by atoms with van der Waals surface area (Å²) in [6.45, 7) is 2.38. The van der Waals surface area contributed by atoms with Crippen LogP contribution in [0.15, 0.2) is 47.0 Å². The number of benzene rings is 2. The van der Waals surface area contributed by atoms with E-state index in [1.807, 2.05) is 49.4 Å². The summed E-state index contributed by atoms with van der Waals surface area (Å²) in [7, 11) is 1.61. The molecule has 130 valence electrons. The zero-order valence-electron chi connectivity index (χ0n) is 14.4.